The summed E-state index contributed by atoms with van der Waals surface area (Å²) in [5.74, 6) is -4.60. The summed E-state index contributed by atoms with van der Waals surface area (Å²) in [4.78, 5) is 36.1. The first-order valence-corrected chi connectivity index (χ1v) is 13.7. The van der Waals surface area contributed by atoms with Crippen molar-refractivity contribution in [3.8, 4) is 11.4 Å². The molecule has 43 heavy (non-hydrogen) atoms. The molecule has 3 heterocycles. The van der Waals surface area contributed by atoms with Crippen LogP contribution in [0, 0.1) is 5.82 Å². The quantitative estimate of drug-likeness (QED) is 0.431. The minimum atomic E-state index is -4.81. The molecule has 0 saturated carbocycles. The monoisotopic (exact) mass is 617 g/mol. The van der Waals surface area contributed by atoms with Gasteiger partial charge < -0.3 is 15.1 Å². The molecule has 2 aliphatic rings. The number of hydrogen-bond acceptors (Lipinski definition) is 6. The van der Waals surface area contributed by atoms with Crippen molar-refractivity contribution in [3.63, 3.8) is 0 Å². The van der Waals surface area contributed by atoms with Gasteiger partial charge in [-0.15, -0.1) is 0 Å². The summed E-state index contributed by atoms with van der Waals surface area (Å²) in [5.41, 5.74) is -2.21. The minimum Gasteiger partial charge on any atom is -0.465 e. The van der Waals surface area contributed by atoms with Crippen LogP contribution in [0.5, 0.6) is 0 Å². The van der Waals surface area contributed by atoms with Gasteiger partial charge in [-0.05, 0) is 51.5 Å². The molecule has 4 rings (SSSR count). The van der Waals surface area contributed by atoms with Crippen LogP contribution < -0.4 is 0 Å². The fourth-order valence-corrected chi connectivity index (χ4v) is 5.63. The van der Waals surface area contributed by atoms with Crippen LogP contribution in [0.25, 0.3) is 11.4 Å². The van der Waals surface area contributed by atoms with Crippen molar-refractivity contribution in [2.24, 2.45) is 0 Å². The largest absolute Gasteiger partial charge is 0.465 e. The predicted octanol–water partition coefficient (Wildman–Crippen LogP) is 4.77. The number of likely N-dealkylation sites (tertiary alicyclic amines) is 1. The Balaban J connectivity index is 1.63. The molecule has 0 aliphatic carbocycles. The Morgan fingerprint density at radius 2 is 1.77 bits per heavy atom. The molecule has 2 aromatic rings. The van der Waals surface area contributed by atoms with Crippen molar-refractivity contribution in [3.05, 3.63) is 47.0 Å². The Hall–Kier alpha value is -3.46. The highest BCUT2D eigenvalue weighted by atomic mass is 19.4. The van der Waals surface area contributed by atoms with Gasteiger partial charge in [0, 0.05) is 55.6 Å². The third kappa shape index (κ3) is 7.55. The molecule has 1 aromatic heterocycles. The third-order valence-corrected chi connectivity index (χ3v) is 7.57. The van der Waals surface area contributed by atoms with E-state index in [9.17, 15) is 46.1 Å². The standard InChI is InChI=1S/C28H33F6N5O4/c1-26(2,3)39(25(42)43)18(13-38-15-27(30,31)10-8-21(38)40)12-22(41)37-11-9-19-20(14-37)35-24(36-23(19)28(32,33)34)16-4-6-17(29)7-5-16/h4-7,18,22,41H,8-15H2,1-3H3,(H,42,43)/t18-,22?/m0/s1. The van der Waals surface area contributed by atoms with E-state index in [2.05, 4.69) is 9.97 Å². The average Bonchev–Trinajstić information content (AvgIpc) is 2.88. The predicted molar refractivity (Wildman–Crippen MR) is 141 cm³/mol. The maximum atomic E-state index is 14.2. The van der Waals surface area contributed by atoms with E-state index in [1.165, 1.54) is 17.0 Å². The lowest BCUT2D eigenvalue weighted by Gasteiger charge is -2.44. The van der Waals surface area contributed by atoms with E-state index in [0.717, 1.165) is 21.9 Å². The fourth-order valence-electron chi connectivity index (χ4n) is 5.63. The molecule has 0 bridgehead atoms. The zero-order valence-electron chi connectivity index (χ0n) is 23.8. The maximum absolute atomic E-state index is 14.2. The van der Waals surface area contributed by atoms with Gasteiger partial charge >= 0.3 is 12.3 Å². The van der Waals surface area contributed by atoms with Crippen LogP contribution in [0.4, 0.5) is 31.1 Å². The summed E-state index contributed by atoms with van der Waals surface area (Å²) in [5, 5.41) is 21.3. The van der Waals surface area contributed by atoms with E-state index < -0.39 is 79.4 Å². The van der Waals surface area contributed by atoms with Crippen LogP contribution in [0.3, 0.4) is 0 Å². The number of carbonyl (C=O) groups excluding carboxylic acids is 1. The number of aliphatic hydroxyl groups is 1. The SMILES string of the molecule is CC(C)(C)N(C(=O)O)[C@@H](CC(O)N1CCc2c(nc(-c3ccc(F)cc3)nc2C(F)(F)F)C1)CN1CC(F)(F)CCC1=O. The van der Waals surface area contributed by atoms with Crippen LogP contribution in [0.1, 0.15) is 57.0 Å². The molecule has 2 N–H and O–H groups in total. The molecule has 2 aliphatic heterocycles. The average molecular weight is 618 g/mol. The maximum Gasteiger partial charge on any atom is 0.433 e. The first-order chi connectivity index (χ1) is 19.9. The number of alkyl halides is 5. The first-order valence-electron chi connectivity index (χ1n) is 13.7. The Morgan fingerprint density at radius 1 is 1.12 bits per heavy atom. The minimum absolute atomic E-state index is 0.0136. The Kier molecular flexibility index (Phi) is 8.99. The number of aromatic nitrogens is 2. The zero-order chi connectivity index (χ0) is 31.9. The highest BCUT2D eigenvalue weighted by Crippen LogP contribution is 2.36. The lowest BCUT2D eigenvalue weighted by Crippen LogP contribution is -2.59. The van der Waals surface area contributed by atoms with Gasteiger partial charge in [0.25, 0.3) is 5.92 Å². The number of halogens is 6. The number of fused-ring (bicyclic) bond motifs is 1. The molecule has 1 fully saturated rings. The van der Waals surface area contributed by atoms with E-state index in [1.807, 2.05) is 0 Å². The summed E-state index contributed by atoms with van der Waals surface area (Å²) in [6, 6.07) is 3.49. The molecule has 1 saturated heterocycles. The van der Waals surface area contributed by atoms with Crippen LogP contribution in [0.2, 0.25) is 0 Å². The second-order valence-corrected chi connectivity index (χ2v) is 11.9. The number of rotatable bonds is 7. The third-order valence-electron chi connectivity index (χ3n) is 7.57. The molecule has 1 unspecified atom stereocenters. The lowest BCUT2D eigenvalue weighted by molar-refractivity contribution is -0.149. The van der Waals surface area contributed by atoms with Crippen LogP contribution >= 0.6 is 0 Å². The van der Waals surface area contributed by atoms with Crippen molar-refractivity contribution in [1.82, 2.24) is 24.7 Å². The lowest BCUT2D eigenvalue weighted by atomic mass is 9.97. The highest BCUT2D eigenvalue weighted by Gasteiger charge is 2.44. The zero-order valence-corrected chi connectivity index (χ0v) is 23.8. The normalized spacial score (nSPS) is 19.1. The molecule has 1 aromatic carbocycles. The van der Waals surface area contributed by atoms with Crippen LogP contribution in [-0.4, -0.2) is 90.2 Å². The van der Waals surface area contributed by atoms with Crippen molar-refractivity contribution < 1.29 is 46.1 Å². The molecule has 15 heteroatoms. The van der Waals surface area contributed by atoms with Gasteiger partial charge in [0.1, 0.15) is 12.0 Å². The molecular weight excluding hydrogens is 584 g/mol. The molecule has 9 nitrogen and oxygen atoms in total. The summed E-state index contributed by atoms with van der Waals surface area (Å²) < 4.78 is 83.7. The van der Waals surface area contributed by atoms with Gasteiger partial charge in [0.05, 0.1) is 18.3 Å². The molecular formula is C28H33F6N5O4. The second kappa shape index (κ2) is 11.9. The molecule has 236 valence electrons. The topological polar surface area (TPSA) is 110 Å². The fraction of sp³-hybridized carbons (Fsp3) is 0.571. The number of hydrogen-bond donors (Lipinski definition) is 2. The second-order valence-electron chi connectivity index (χ2n) is 11.9. The Morgan fingerprint density at radius 3 is 2.35 bits per heavy atom. The smallest absolute Gasteiger partial charge is 0.433 e. The van der Waals surface area contributed by atoms with E-state index >= 15 is 0 Å². The van der Waals surface area contributed by atoms with E-state index in [0.29, 0.717) is 0 Å². The van der Waals surface area contributed by atoms with Crippen molar-refractivity contribution >= 4 is 12.0 Å². The summed E-state index contributed by atoms with van der Waals surface area (Å²) in [7, 11) is 0. The highest BCUT2D eigenvalue weighted by molar-refractivity contribution is 5.77. The van der Waals surface area contributed by atoms with Crippen LogP contribution in [-0.2, 0) is 23.9 Å². The number of piperidine rings is 1. The summed E-state index contributed by atoms with van der Waals surface area (Å²) in [6.45, 7) is 3.12. The van der Waals surface area contributed by atoms with Gasteiger partial charge in [0.15, 0.2) is 11.5 Å². The van der Waals surface area contributed by atoms with Crippen molar-refractivity contribution in [1.29, 1.82) is 0 Å². The van der Waals surface area contributed by atoms with E-state index in [-0.39, 0.29) is 48.6 Å². The molecule has 0 spiro atoms. The number of nitrogens with zero attached hydrogens (tertiary/aromatic N) is 5. The molecule has 0 radical (unpaired) electrons. The van der Waals surface area contributed by atoms with Gasteiger partial charge in [0.2, 0.25) is 5.91 Å². The summed E-state index contributed by atoms with van der Waals surface area (Å²) in [6.07, 6.45) is -9.17. The Labute approximate surface area is 244 Å². The van der Waals surface area contributed by atoms with Crippen molar-refractivity contribution in [2.45, 2.75) is 82.9 Å². The van der Waals surface area contributed by atoms with Gasteiger partial charge in [-0.3, -0.25) is 14.6 Å². The number of aliphatic hydroxyl groups excluding tert-OH is 1. The van der Waals surface area contributed by atoms with E-state index in [1.54, 1.807) is 20.8 Å². The van der Waals surface area contributed by atoms with E-state index in [4.69, 9.17) is 0 Å². The molecule has 2 atom stereocenters. The first kappa shape index (κ1) is 32.5. The number of amides is 2. The van der Waals surface area contributed by atoms with Gasteiger partial charge in [-0.1, -0.05) is 0 Å². The number of benzene rings is 1. The van der Waals surface area contributed by atoms with Crippen molar-refractivity contribution in [2.75, 3.05) is 19.6 Å². The number of carbonyl (C=O) groups is 2. The van der Waals surface area contributed by atoms with Gasteiger partial charge in [-0.25, -0.2) is 27.9 Å². The van der Waals surface area contributed by atoms with Gasteiger partial charge in [-0.2, -0.15) is 13.2 Å². The van der Waals surface area contributed by atoms with Crippen LogP contribution in [0.15, 0.2) is 24.3 Å². The summed E-state index contributed by atoms with van der Waals surface area (Å²) >= 11 is 0. The number of carboxylic acid groups (broad SMARTS) is 1. The molecule has 2 amide bonds. The Bertz CT molecular complexity index is 1350.